The molecular weight excluding hydrogens is 312 g/mol. The first kappa shape index (κ1) is 15.7. The molecule has 1 N–H and O–H groups in total. The van der Waals surface area contributed by atoms with Crippen molar-refractivity contribution in [3.8, 4) is 0 Å². The van der Waals surface area contributed by atoms with E-state index >= 15 is 0 Å². The summed E-state index contributed by atoms with van der Waals surface area (Å²) in [6, 6.07) is 8.79. The van der Waals surface area contributed by atoms with E-state index in [0.717, 1.165) is 24.8 Å². The molecule has 6 heteroatoms. The van der Waals surface area contributed by atoms with Crippen LogP contribution in [0.5, 0.6) is 0 Å². The van der Waals surface area contributed by atoms with Crippen LogP contribution in [0.2, 0.25) is 5.15 Å². The fourth-order valence-electron chi connectivity index (χ4n) is 2.61. The highest BCUT2D eigenvalue weighted by atomic mass is 35.5. The number of anilines is 2. The molecule has 3 rings (SSSR count). The van der Waals surface area contributed by atoms with Crippen molar-refractivity contribution in [1.29, 1.82) is 0 Å². The Kier molecular flexibility index (Phi) is 4.76. The number of hydrogen-bond acceptors (Lipinski definition) is 4. The predicted octanol–water partition coefficient (Wildman–Crippen LogP) is 3.62. The fraction of sp³-hybridized carbons (Fsp3) is 0.353. The number of nitrogens with one attached hydrogen (secondary N) is 1. The third kappa shape index (κ3) is 3.99. The molecule has 3 heterocycles. The van der Waals surface area contributed by atoms with Crippen LogP contribution in [0.1, 0.15) is 30.1 Å². The summed E-state index contributed by atoms with van der Waals surface area (Å²) in [4.78, 5) is 22.9. The van der Waals surface area contributed by atoms with E-state index < -0.39 is 0 Å². The van der Waals surface area contributed by atoms with Crippen LogP contribution in [-0.2, 0) is 0 Å². The van der Waals surface area contributed by atoms with Crippen LogP contribution in [0.15, 0.2) is 36.5 Å². The van der Waals surface area contributed by atoms with Crippen LogP contribution >= 0.6 is 11.6 Å². The molecule has 2 aromatic rings. The average molecular weight is 331 g/mol. The Balaban J connectivity index is 1.65. The molecule has 0 bridgehead atoms. The number of amides is 1. The summed E-state index contributed by atoms with van der Waals surface area (Å²) in [6.07, 6.45) is 3.97. The second kappa shape index (κ2) is 6.96. The number of halogens is 1. The lowest BCUT2D eigenvalue weighted by atomic mass is 9.99. The number of pyridine rings is 2. The Morgan fingerprint density at radius 2 is 2.04 bits per heavy atom. The SMILES string of the molecule is CC1CCN(c2ccc(C(=O)Nc3cccc(Cl)n3)cn2)CC1. The molecule has 2 aromatic heterocycles. The van der Waals surface area contributed by atoms with E-state index in [-0.39, 0.29) is 5.91 Å². The van der Waals surface area contributed by atoms with Gasteiger partial charge in [0.05, 0.1) is 5.56 Å². The Labute approximate surface area is 140 Å². The van der Waals surface area contributed by atoms with Gasteiger partial charge < -0.3 is 10.2 Å². The summed E-state index contributed by atoms with van der Waals surface area (Å²) < 4.78 is 0. The lowest BCUT2D eigenvalue weighted by Gasteiger charge is -2.31. The maximum Gasteiger partial charge on any atom is 0.258 e. The summed E-state index contributed by atoms with van der Waals surface area (Å²) >= 11 is 5.81. The van der Waals surface area contributed by atoms with Crippen molar-refractivity contribution in [3.63, 3.8) is 0 Å². The monoisotopic (exact) mass is 330 g/mol. The first-order chi connectivity index (χ1) is 11.1. The third-order valence-electron chi connectivity index (χ3n) is 4.07. The van der Waals surface area contributed by atoms with Crippen molar-refractivity contribution in [3.05, 3.63) is 47.2 Å². The van der Waals surface area contributed by atoms with Crippen molar-refractivity contribution in [2.45, 2.75) is 19.8 Å². The Hall–Kier alpha value is -2.14. The molecule has 1 aliphatic heterocycles. The number of carbonyl (C=O) groups excluding carboxylic acids is 1. The molecule has 0 aromatic carbocycles. The van der Waals surface area contributed by atoms with Gasteiger partial charge in [0.2, 0.25) is 0 Å². The van der Waals surface area contributed by atoms with Gasteiger partial charge in [0, 0.05) is 19.3 Å². The summed E-state index contributed by atoms with van der Waals surface area (Å²) in [7, 11) is 0. The highest BCUT2D eigenvalue weighted by Crippen LogP contribution is 2.21. The Morgan fingerprint density at radius 3 is 2.70 bits per heavy atom. The van der Waals surface area contributed by atoms with Gasteiger partial charge >= 0.3 is 0 Å². The molecule has 0 saturated carbocycles. The predicted molar refractivity (Wildman–Crippen MR) is 92.0 cm³/mol. The van der Waals surface area contributed by atoms with Gasteiger partial charge in [-0.15, -0.1) is 0 Å². The second-order valence-corrected chi connectivity index (χ2v) is 6.26. The largest absolute Gasteiger partial charge is 0.357 e. The van der Waals surface area contributed by atoms with E-state index in [1.807, 2.05) is 6.07 Å². The van der Waals surface area contributed by atoms with Crippen molar-refractivity contribution >= 4 is 29.1 Å². The summed E-state index contributed by atoms with van der Waals surface area (Å²) in [5.74, 6) is 1.89. The topological polar surface area (TPSA) is 58.1 Å². The van der Waals surface area contributed by atoms with Crippen LogP contribution in [0.25, 0.3) is 0 Å². The smallest absolute Gasteiger partial charge is 0.258 e. The summed E-state index contributed by atoms with van der Waals surface area (Å²) in [5.41, 5.74) is 0.501. The zero-order valence-corrected chi connectivity index (χ0v) is 13.8. The van der Waals surface area contributed by atoms with Crippen LogP contribution < -0.4 is 10.2 Å². The number of hydrogen-bond donors (Lipinski definition) is 1. The third-order valence-corrected chi connectivity index (χ3v) is 4.28. The van der Waals surface area contributed by atoms with E-state index in [0.29, 0.717) is 16.5 Å². The van der Waals surface area contributed by atoms with E-state index in [4.69, 9.17) is 11.6 Å². The molecule has 23 heavy (non-hydrogen) atoms. The quantitative estimate of drug-likeness (QED) is 0.873. The van der Waals surface area contributed by atoms with E-state index in [1.54, 1.807) is 30.5 Å². The fourth-order valence-corrected chi connectivity index (χ4v) is 2.78. The molecule has 1 amide bonds. The maximum atomic E-state index is 12.2. The van der Waals surface area contributed by atoms with E-state index in [9.17, 15) is 4.79 Å². The van der Waals surface area contributed by atoms with E-state index in [1.165, 1.54) is 12.8 Å². The van der Waals surface area contributed by atoms with Crippen LogP contribution in [0.4, 0.5) is 11.6 Å². The molecule has 1 saturated heterocycles. The molecular formula is C17H19ClN4O. The second-order valence-electron chi connectivity index (χ2n) is 5.87. The van der Waals surface area contributed by atoms with Gasteiger partial charge in [-0.3, -0.25) is 4.79 Å². The molecule has 5 nitrogen and oxygen atoms in total. The molecule has 120 valence electrons. The number of carbonyl (C=O) groups is 1. The first-order valence-corrected chi connectivity index (χ1v) is 8.14. The number of aromatic nitrogens is 2. The number of rotatable bonds is 3. The van der Waals surface area contributed by atoms with Crippen molar-refractivity contribution < 1.29 is 4.79 Å². The van der Waals surface area contributed by atoms with Gasteiger partial charge in [-0.2, -0.15) is 0 Å². The molecule has 1 fully saturated rings. The molecule has 0 aliphatic carbocycles. The highest BCUT2D eigenvalue weighted by Gasteiger charge is 2.17. The zero-order valence-electron chi connectivity index (χ0n) is 13.0. The molecule has 1 aliphatic rings. The van der Waals surface area contributed by atoms with Gasteiger partial charge in [0.15, 0.2) is 0 Å². The summed E-state index contributed by atoms with van der Waals surface area (Å²) in [6.45, 7) is 4.32. The number of piperidine rings is 1. The lowest BCUT2D eigenvalue weighted by molar-refractivity contribution is 0.102. The zero-order chi connectivity index (χ0) is 16.2. The van der Waals surface area contributed by atoms with Crippen molar-refractivity contribution in [2.75, 3.05) is 23.3 Å². The molecule has 0 radical (unpaired) electrons. The minimum atomic E-state index is -0.244. The van der Waals surface area contributed by atoms with E-state index in [2.05, 4.69) is 27.1 Å². The van der Waals surface area contributed by atoms with Crippen molar-refractivity contribution in [1.82, 2.24) is 9.97 Å². The van der Waals surface area contributed by atoms with Crippen LogP contribution in [0.3, 0.4) is 0 Å². The normalized spacial score (nSPS) is 15.5. The van der Waals surface area contributed by atoms with Crippen LogP contribution in [-0.4, -0.2) is 29.0 Å². The maximum absolute atomic E-state index is 12.2. The van der Waals surface area contributed by atoms with Gasteiger partial charge in [0.1, 0.15) is 16.8 Å². The van der Waals surface area contributed by atoms with Gasteiger partial charge in [-0.1, -0.05) is 24.6 Å². The lowest BCUT2D eigenvalue weighted by Crippen LogP contribution is -2.33. The first-order valence-electron chi connectivity index (χ1n) is 7.77. The molecule has 0 spiro atoms. The summed E-state index contributed by atoms with van der Waals surface area (Å²) in [5, 5.41) is 3.06. The van der Waals surface area contributed by atoms with Crippen molar-refractivity contribution in [2.24, 2.45) is 5.92 Å². The molecule has 0 atom stereocenters. The average Bonchev–Trinajstić information content (AvgIpc) is 2.56. The standard InChI is InChI=1S/C17H19ClN4O/c1-12-7-9-22(10-8-12)16-6-5-13(11-19-16)17(23)21-15-4-2-3-14(18)20-15/h2-6,11-12H,7-10H2,1H3,(H,20,21,23). The van der Waals surface area contributed by atoms with Gasteiger partial charge in [0.25, 0.3) is 5.91 Å². The number of nitrogens with zero attached hydrogens (tertiary/aromatic N) is 3. The minimum absolute atomic E-state index is 0.244. The Bertz CT molecular complexity index is 681. The highest BCUT2D eigenvalue weighted by molar-refractivity contribution is 6.29. The Morgan fingerprint density at radius 1 is 1.26 bits per heavy atom. The van der Waals surface area contributed by atoms with Gasteiger partial charge in [-0.05, 0) is 43.0 Å². The van der Waals surface area contributed by atoms with Gasteiger partial charge in [-0.25, -0.2) is 9.97 Å². The van der Waals surface area contributed by atoms with Crippen LogP contribution in [0, 0.1) is 5.92 Å². The molecule has 0 unspecified atom stereocenters. The minimum Gasteiger partial charge on any atom is -0.357 e.